The van der Waals surface area contributed by atoms with Gasteiger partial charge in [0, 0.05) is 18.0 Å². The Morgan fingerprint density at radius 1 is 1.62 bits per heavy atom. The van der Waals surface area contributed by atoms with Crippen molar-refractivity contribution in [3.05, 3.63) is 17.5 Å². The van der Waals surface area contributed by atoms with E-state index < -0.39 is 0 Å². The van der Waals surface area contributed by atoms with Crippen LogP contribution in [0.5, 0.6) is 0 Å². The zero-order valence-electron chi connectivity index (χ0n) is 8.05. The summed E-state index contributed by atoms with van der Waals surface area (Å²) in [5.74, 6) is 1.78. The molecule has 3 heteroatoms. The van der Waals surface area contributed by atoms with E-state index in [9.17, 15) is 0 Å². The van der Waals surface area contributed by atoms with Crippen molar-refractivity contribution < 1.29 is 4.52 Å². The van der Waals surface area contributed by atoms with E-state index in [0.29, 0.717) is 5.92 Å². The van der Waals surface area contributed by atoms with Gasteiger partial charge in [-0.05, 0) is 25.8 Å². The average Bonchev–Trinajstić information content (AvgIpc) is 2.88. The van der Waals surface area contributed by atoms with E-state index in [1.54, 1.807) is 0 Å². The zero-order valence-corrected chi connectivity index (χ0v) is 8.05. The Kier molecular flexibility index (Phi) is 2.64. The minimum absolute atomic E-state index is 0.668. The van der Waals surface area contributed by atoms with Crippen LogP contribution in [0.3, 0.4) is 0 Å². The Bertz CT molecular complexity index is 266. The molecule has 1 aliphatic rings. The highest BCUT2D eigenvalue weighted by molar-refractivity contribution is 5.21. The third-order valence-electron chi connectivity index (χ3n) is 2.37. The molecule has 1 aromatic rings. The summed E-state index contributed by atoms with van der Waals surface area (Å²) in [6.45, 7) is 4.14. The summed E-state index contributed by atoms with van der Waals surface area (Å²) in [7, 11) is 0. The fourth-order valence-corrected chi connectivity index (χ4v) is 1.48. The molecule has 0 atom stereocenters. The standard InChI is InChI=1S/C10H16N2O/c1-2-5-11-6-9-7-12-13-10(9)8-3-4-8/h7-8,11H,2-6H2,1H3. The normalized spacial score (nSPS) is 16.4. The van der Waals surface area contributed by atoms with E-state index in [1.807, 2.05) is 6.20 Å². The number of aromatic nitrogens is 1. The van der Waals surface area contributed by atoms with Gasteiger partial charge in [-0.25, -0.2) is 0 Å². The fraction of sp³-hybridized carbons (Fsp3) is 0.700. The predicted molar refractivity (Wildman–Crippen MR) is 50.5 cm³/mol. The fourth-order valence-electron chi connectivity index (χ4n) is 1.48. The van der Waals surface area contributed by atoms with E-state index >= 15 is 0 Å². The lowest BCUT2D eigenvalue weighted by atomic mass is 10.2. The van der Waals surface area contributed by atoms with Gasteiger partial charge in [-0.15, -0.1) is 0 Å². The maximum Gasteiger partial charge on any atom is 0.144 e. The molecule has 0 unspecified atom stereocenters. The Hall–Kier alpha value is -0.830. The highest BCUT2D eigenvalue weighted by Gasteiger charge is 2.29. The van der Waals surface area contributed by atoms with E-state index in [0.717, 1.165) is 18.8 Å². The number of nitrogens with zero attached hydrogens (tertiary/aromatic N) is 1. The molecule has 0 bridgehead atoms. The molecule has 0 radical (unpaired) electrons. The molecule has 1 fully saturated rings. The van der Waals surface area contributed by atoms with Gasteiger partial charge in [-0.3, -0.25) is 0 Å². The van der Waals surface area contributed by atoms with Crippen LogP contribution < -0.4 is 5.32 Å². The van der Waals surface area contributed by atoms with Crippen molar-refractivity contribution in [2.45, 2.75) is 38.6 Å². The van der Waals surface area contributed by atoms with Crippen molar-refractivity contribution in [2.24, 2.45) is 0 Å². The largest absolute Gasteiger partial charge is 0.361 e. The van der Waals surface area contributed by atoms with Crippen molar-refractivity contribution in [2.75, 3.05) is 6.54 Å². The van der Waals surface area contributed by atoms with Crippen molar-refractivity contribution in [3.8, 4) is 0 Å². The van der Waals surface area contributed by atoms with Crippen LogP contribution in [-0.4, -0.2) is 11.7 Å². The Labute approximate surface area is 78.5 Å². The van der Waals surface area contributed by atoms with Crippen LogP contribution in [0.1, 0.15) is 43.4 Å². The Balaban J connectivity index is 1.90. The summed E-state index contributed by atoms with van der Waals surface area (Å²) < 4.78 is 5.23. The molecule has 1 aliphatic carbocycles. The highest BCUT2D eigenvalue weighted by atomic mass is 16.5. The molecule has 72 valence electrons. The summed E-state index contributed by atoms with van der Waals surface area (Å²) >= 11 is 0. The topological polar surface area (TPSA) is 38.1 Å². The maximum absolute atomic E-state index is 5.23. The molecule has 0 aromatic carbocycles. The third-order valence-corrected chi connectivity index (χ3v) is 2.37. The van der Waals surface area contributed by atoms with E-state index in [4.69, 9.17) is 4.52 Å². The molecule has 1 saturated carbocycles. The summed E-state index contributed by atoms with van der Waals surface area (Å²) in [5.41, 5.74) is 1.25. The van der Waals surface area contributed by atoms with Gasteiger partial charge in [-0.1, -0.05) is 12.1 Å². The van der Waals surface area contributed by atoms with Gasteiger partial charge in [0.1, 0.15) is 5.76 Å². The van der Waals surface area contributed by atoms with Crippen molar-refractivity contribution in [3.63, 3.8) is 0 Å². The molecule has 1 aromatic heterocycles. The van der Waals surface area contributed by atoms with Crippen molar-refractivity contribution in [1.29, 1.82) is 0 Å². The lowest BCUT2D eigenvalue weighted by Crippen LogP contribution is -2.14. The van der Waals surface area contributed by atoms with Crippen LogP contribution in [0, 0.1) is 0 Å². The van der Waals surface area contributed by atoms with Gasteiger partial charge in [0.05, 0.1) is 6.20 Å². The number of rotatable bonds is 5. The van der Waals surface area contributed by atoms with E-state index in [2.05, 4.69) is 17.4 Å². The zero-order chi connectivity index (χ0) is 9.10. The van der Waals surface area contributed by atoms with E-state index in [-0.39, 0.29) is 0 Å². The summed E-state index contributed by atoms with van der Waals surface area (Å²) in [6.07, 6.45) is 5.56. The van der Waals surface area contributed by atoms with Gasteiger partial charge in [0.15, 0.2) is 0 Å². The minimum atomic E-state index is 0.668. The van der Waals surface area contributed by atoms with Gasteiger partial charge >= 0.3 is 0 Å². The van der Waals surface area contributed by atoms with Crippen LogP contribution in [0.4, 0.5) is 0 Å². The summed E-state index contributed by atoms with van der Waals surface area (Å²) in [5, 5.41) is 7.21. The average molecular weight is 180 g/mol. The second-order valence-corrected chi connectivity index (χ2v) is 3.67. The second-order valence-electron chi connectivity index (χ2n) is 3.67. The number of hydrogen-bond donors (Lipinski definition) is 1. The Morgan fingerprint density at radius 2 is 2.46 bits per heavy atom. The Morgan fingerprint density at radius 3 is 3.15 bits per heavy atom. The maximum atomic E-state index is 5.23. The lowest BCUT2D eigenvalue weighted by molar-refractivity contribution is 0.382. The molecule has 3 nitrogen and oxygen atoms in total. The SMILES string of the molecule is CCCNCc1cnoc1C1CC1. The van der Waals surface area contributed by atoms with Crippen LogP contribution in [0.15, 0.2) is 10.7 Å². The molecule has 0 amide bonds. The molecule has 2 rings (SSSR count). The number of hydrogen-bond acceptors (Lipinski definition) is 3. The first-order valence-electron chi connectivity index (χ1n) is 5.06. The van der Waals surface area contributed by atoms with Gasteiger partial charge in [0.2, 0.25) is 0 Å². The van der Waals surface area contributed by atoms with E-state index in [1.165, 1.54) is 24.8 Å². The van der Waals surface area contributed by atoms with Gasteiger partial charge in [0.25, 0.3) is 0 Å². The molecule has 13 heavy (non-hydrogen) atoms. The molecule has 0 saturated heterocycles. The summed E-state index contributed by atoms with van der Waals surface area (Å²) in [6, 6.07) is 0. The predicted octanol–water partition coefficient (Wildman–Crippen LogP) is 2.05. The van der Waals surface area contributed by atoms with Crippen LogP contribution in [0.2, 0.25) is 0 Å². The molecular formula is C10H16N2O. The molecule has 1 heterocycles. The van der Waals surface area contributed by atoms with Crippen LogP contribution >= 0.6 is 0 Å². The molecule has 0 spiro atoms. The van der Waals surface area contributed by atoms with Gasteiger partial charge in [-0.2, -0.15) is 0 Å². The molecular weight excluding hydrogens is 164 g/mol. The highest BCUT2D eigenvalue weighted by Crippen LogP contribution is 2.41. The molecule has 0 aliphatic heterocycles. The first kappa shape index (κ1) is 8.75. The second kappa shape index (κ2) is 3.92. The number of nitrogens with one attached hydrogen (secondary N) is 1. The monoisotopic (exact) mass is 180 g/mol. The molecule has 1 N–H and O–H groups in total. The summed E-state index contributed by atoms with van der Waals surface area (Å²) in [4.78, 5) is 0. The van der Waals surface area contributed by atoms with Crippen molar-refractivity contribution >= 4 is 0 Å². The van der Waals surface area contributed by atoms with Gasteiger partial charge < -0.3 is 9.84 Å². The first-order valence-corrected chi connectivity index (χ1v) is 5.06. The van der Waals surface area contributed by atoms with Crippen molar-refractivity contribution in [1.82, 2.24) is 10.5 Å². The van der Waals surface area contributed by atoms with Crippen LogP contribution in [0.25, 0.3) is 0 Å². The first-order chi connectivity index (χ1) is 6.42. The van der Waals surface area contributed by atoms with Crippen LogP contribution in [-0.2, 0) is 6.54 Å². The smallest absolute Gasteiger partial charge is 0.144 e. The lowest BCUT2D eigenvalue weighted by Gasteiger charge is -2.00. The third kappa shape index (κ3) is 2.10. The minimum Gasteiger partial charge on any atom is -0.361 e. The quantitative estimate of drug-likeness (QED) is 0.705.